The van der Waals surface area contributed by atoms with E-state index in [0.29, 0.717) is 31.8 Å². The topological polar surface area (TPSA) is 140 Å². The minimum absolute atomic E-state index is 0.0626. The summed E-state index contributed by atoms with van der Waals surface area (Å²) in [6.45, 7) is 4.78. The molecule has 0 heterocycles. The average Bonchev–Trinajstić information content (AvgIpc) is 3.92. The van der Waals surface area contributed by atoms with Crippen LogP contribution in [0.2, 0.25) is 0 Å². The van der Waals surface area contributed by atoms with E-state index in [-0.39, 0.29) is 28.8 Å². The van der Waals surface area contributed by atoms with Crippen LogP contribution in [-0.2, 0) is 21.4 Å². The van der Waals surface area contributed by atoms with Gasteiger partial charge < -0.3 is 21.3 Å². The molecule has 3 amide bonds. The monoisotopic (exact) mass is 676 g/mol. The smallest absolute Gasteiger partial charge is 0.303 e. The van der Waals surface area contributed by atoms with Gasteiger partial charge >= 0.3 is 10.2 Å². The summed E-state index contributed by atoms with van der Waals surface area (Å²) >= 11 is 0. The number of anilines is 1. The predicted molar refractivity (Wildman–Crippen MR) is 189 cm³/mol. The number of nitrogens with zero attached hydrogens (tertiary/aromatic N) is 2. The molecule has 11 nitrogen and oxygen atoms in total. The average molecular weight is 677 g/mol. The lowest BCUT2D eigenvalue weighted by molar-refractivity contribution is -0.123. The van der Waals surface area contributed by atoms with Crippen molar-refractivity contribution in [1.29, 1.82) is 0 Å². The molecule has 1 aliphatic rings. The first-order chi connectivity index (χ1) is 22.9. The lowest BCUT2D eigenvalue weighted by Crippen LogP contribution is -2.50. The third-order valence-corrected chi connectivity index (χ3v) is 10.3. The number of hydrogen-bond donors (Lipinski definition) is 4. The quantitative estimate of drug-likeness (QED) is 0.172. The van der Waals surface area contributed by atoms with E-state index < -0.39 is 34.1 Å². The number of nitrogens with one attached hydrogen (secondary N) is 4. The number of benzene rings is 3. The molecular weight excluding hydrogens is 628 g/mol. The maximum atomic E-state index is 13.9. The second-order valence-electron chi connectivity index (χ2n) is 12.5. The highest BCUT2D eigenvalue weighted by Gasteiger charge is 2.27. The van der Waals surface area contributed by atoms with E-state index in [1.165, 1.54) is 39.3 Å². The molecule has 1 aliphatic carbocycles. The Morgan fingerprint density at radius 3 is 2.00 bits per heavy atom. The van der Waals surface area contributed by atoms with Crippen molar-refractivity contribution in [2.45, 2.75) is 57.7 Å². The summed E-state index contributed by atoms with van der Waals surface area (Å²) < 4.78 is 28.2. The lowest BCUT2D eigenvalue weighted by atomic mass is 10.0. The minimum atomic E-state index is -3.92. The van der Waals surface area contributed by atoms with Gasteiger partial charge in [-0.3, -0.25) is 18.7 Å². The van der Waals surface area contributed by atoms with Crippen LogP contribution in [0, 0.1) is 5.92 Å². The zero-order valence-electron chi connectivity index (χ0n) is 28.4. The van der Waals surface area contributed by atoms with Gasteiger partial charge in [0.15, 0.2) is 0 Å². The van der Waals surface area contributed by atoms with Crippen LogP contribution in [0.25, 0.3) is 0 Å². The Hall–Kier alpha value is -4.26. The standard InChI is InChI=1S/C36H48N6O5S/c1-6-33(36(45)38-23-27-17-18-27)37-24-31(19-26-13-9-7-10-14-26)40-35(44)30-20-29(21-32(22-30)42(5)48(46,47)41(3)4)34(43)39-25(2)28-15-11-8-12-16-28/h7-16,20-22,25,27,31,33,37H,6,17-19,23-24H2,1-5H3,(H,38,45)(H,39,43)(H,40,44)/t25-,31-,33+/m1/s1. The van der Waals surface area contributed by atoms with Crippen LogP contribution < -0.4 is 25.6 Å². The van der Waals surface area contributed by atoms with Crippen molar-refractivity contribution >= 4 is 33.6 Å². The van der Waals surface area contributed by atoms with Crippen LogP contribution in [0.1, 0.15) is 71.0 Å². The number of rotatable bonds is 17. The number of carbonyl (C=O) groups is 3. The molecule has 0 saturated heterocycles. The van der Waals surface area contributed by atoms with Gasteiger partial charge in [0.2, 0.25) is 5.91 Å². The minimum Gasteiger partial charge on any atom is -0.354 e. The van der Waals surface area contributed by atoms with Gasteiger partial charge in [-0.15, -0.1) is 0 Å². The summed E-state index contributed by atoms with van der Waals surface area (Å²) in [7, 11) is 0.274. The molecule has 1 fully saturated rings. The van der Waals surface area contributed by atoms with E-state index >= 15 is 0 Å². The fourth-order valence-corrected chi connectivity index (χ4v) is 6.14. The third-order valence-electron chi connectivity index (χ3n) is 8.52. The van der Waals surface area contributed by atoms with Crippen LogP contribution >= 0.6 is 0 Å². The summed E-state index contributed by atoms with van der Waals surface area (Å²) in [5, 5.41) is 12.4. The second-order valence-corrected chi connectivity index (χ2v) is 14.7. The summed E-state index contributed by atoms with van der Waals surface area (Å²) in [5.74, 6) is -0.435. The SMILES string of the molecule is CC[C@H](NC[C@@H](Cc1ccccc1)NC(=O)c1cc(C(=O)N[C@H](C)c2ccccc2)cc(N(C)S(=O)(=O)N(C)C)c1)C(=O)NCC1CC1. The van der Waals surface area contributed by atoms with Crippen molar-refractivity contribution in [2.75, 3.05) is 38.5 Å². The highest BCUT2D eigenvalue weighted by atomic mass is 32.2. The van der Waals surface area contributed by atoms with Crippen molar-refractivity contribution < 1.29 is 22.8 Å². The molecule has 3 aromatic carbocycles. The summed E-state index contributed by atoms with van der Waals surface area (Å²) in [5.41, 5.74) is 2.31. The van der Waals surface area contributed by atoms with E-state index in [9.17, 15) is 22.8 Å². The van der Waals surface area contributed by atoms with Crippen molar-refractivity contribution in [1.82, 2.24) is 25.6 Å². The molecule has 258 valence electrons. The van der Waals surface area contributed by atoms with E-state index in [1.807, 2.05) is 74.5 Å². The first-order valence-electron chi connectivity index (χ1n) is 16.4. The first kappa shape index (κ1) is 36.6. The molecule has 0 spiro atoms. The van der Waals surface area contributed by atoms with E-state index in [1.54, 1.807) is 0 Å². The Morgan fingerprint density at radius 1 is 0.854 bits per heavy atom. The highest BCUT2D eigenvalue weighted by Crippen LogP contribution is 2.27. The van der Waals surface area contributed by atoms with Crippen molar-refractivity contribution in [3.8, 4) is 0 Å². The van der Waals surface area contributed by atoms with Gasteiger partial charge in [0.1, 0.15) is 0 Å². The Morgan fingerprint density at radius 2 is 1.44 bits per heavy atom. The van der Waals surface area contributed by atoms with E-state index in [0.717, 1.165) is 32.6 Å². The van der Waals surface area contributed by atoms with Crippen LogP contribution in [-0.4, -0.2) is 76.8 Å². The van der Waals surface area contributed by atoms with Crippen LogP contribution in [0.4, 0.5) is 5.69 Å². The molecule has 0 radical (unpaired) electrons. The molecule has 0 bridgehead atoms. The second kappa shape index (κ2) is 16.7. The van der Waals surface area contributed by atoms with Crippen LogP contribution in [0.5, 0.6) is 0 Å². The van der Waals surface area contributed by atoms with Gasteiger partial charge in [0, 0.05) is 51.4 Å². The molecule has 4 N–H and O–H groups in total. The molecular formula is C36H48N6O5S. The maximum Gasteiger partial charge on any atom is 0.303 e. The fraction of sp³-hybridized carbons (Fsp3) is 0.417. The van der Waals surface area contributed by atoms with Gasteiger partial charge in [0.05, 0.1) is 17.8 Å². The van der Waals surface area contributed by atoms with E-state index in [4.69, 9.17) is 0 Å². The van der Waals surface area contributed by atoms with Crippen LogP contribution in [0.15, 0.2) is 78.9 Å². The third kappa shape index (κ3) is 10.1. The van der Waals surface area contributed by atoms with Gasteiger partial charge in [-0.1, -0.05) is 67.6 Å². The first-order valence-corrected chi connectivity index (χ1v) is 17.8. The zero-order chi connectivity index (χ0) is 34.8. The lowest BCUT2D eigenvalue weighted by Gasteiger charge is -2.25. The highest BCUT2D eigenvalue weighted by molar-refractivity contribution is 7.90. The van der Waals surface area contributed by atoms with Crippen LogP contribution in [0.3, 0.4) is 0 Å². The fourth-order valence-electron chi connectivity index (χ4n) is 5.28. The van der Waals surface area contributed by atoms with Crippen molar-refractivity contribution in [3.63, 3.8) is 0 Å². The number of carbonyl (C=O) groups excluding carboxylic acids is 3. The molecule has 0 aliphatic heterocycles. The summed E-state index contributed by atoms with van der Waals surface area (Å²) in [6, 6.07) is 22.4. The molecule has 3 atom stereocenters. The van der Waals surface area contributed by atoms with Gasteiger partial charge in [-0.05, 0) is 67.9 Å². The number of hydrogen-bond acceptors (Lipinski definition) is 6. The normalized spacial score (nSPS) is 14.9. The Balaban J connectivity index is 1.60. The number of amides is 3. The Labute approximate surface area is 284 Å². The van der Waals surface area contributed by atoms with Gasteiger partial charge in [-0.25, -0.2) is 0 Å². The largest absolute Gasteiger partial charge is 0.354 e. The maximum absolute atomic E-state index is 13.9. The van der Waals surface area contributed by atoms with Crippen molar-refractivity contribution in [3.05, 3.63) is 101 Å². The molecule has 48 heavy (non-hydrogen) atoms. The Kier molecular flexibility index (Phi) is 12.7. The van der Waals surface area contributed by atoms with Crippen molar-refractivity contribution in [2.24, 2.45) is 5.92 Å². The molecule has 3 aromatic rings. The van der Waals surface area contributed by atoms with Gasteiger partial charge in [-0.2, -0.15) is 12.7 Å². The van der Waals surface area contributed by atoms with E-state index in [2.05, 4.69) is 21.3 Å². The molecule has 1 saturated carbocycles. The molecule has 0 aromatic heterocycles. The summed E-state index contributed by atoms with van der Waals surface area (Å²) in [6.07, 6.45) is 3.35. The molecule has 4 rings (SSSR count). The Bertz CT molecular complexity index is 1650. The molecule has 12 heteroatoms. The zero-order valence-corrected chi connectivity index (χ0v) is 29.2. The predicted octanol–water partition coefficient (Wildman–Crippen LogP) is 3.66. The summed E-state index contributed by atoms with van der Waals surface area (Å²) in [4.78, 5) is 40.3. The van der Waals surface area contributed by atoms with Gasteiger partial charge in [0.25, 0.3) is 11.8 Å². The molecule has 0 unspecified atom stereocenters.